The summed E-state index contributed by atoms with van der Waals surface area (Å²) >= 11 is 5.96. The molecule has 0 aliphatic carbocycles. The van der Waals surface area contributed by atoms with Gasteiger partial charge in [-0.1, -0.05) is 41.9 Å². The summed E-state index contributed by atoms with van der Waals surface area (Å²) < 4.78 is 1.53. The summed E-state index contributed by atoms with van der Waals surface area (Å²) in [5.41, 5.74) is 1.66. The zero-order valence-electron chi connectivity index (χ0n) is 9.82. The van der Waals surface area contributed by atoms with Crippen LogP contribution in [0.1, 0.15) is 5.56 Å². The summed E-state index contributed by atoms with van der Waals surface area (Å²) in [5, 5.41) is 0.242. The van der Waals surface area contributed by atoms with Gasteiger partial charge in [0.05, 0.1) is 12.7 Å². The molecular weight excluding hydrogens is 264 g/mol. The van der Waals surface area contributed by atoms with E-state index in [-0.39, 0.29) is 10.7 Å². The summed E-state index contributed by atoms with van der Waals surface area (Å²) in [6, 6.07) is 9.66. The molecule has 0 atom stereocenters. The average molecular weight is 273 g/mol. The predicted octanol–water partition coefficient (Wildman–Crippen LogP) is 1.89. The number of rotatable bonds is 2. The van der Waals surface area contributed by atoms with Gasteiger partial charge in [-0.05, 0) is 5.56 Å². The first-order chi connectivity index (χ1) is 9.25. The van der Waals surface area contributed by atoms with Gasteiger partial charge in [-0.3, -0.25) is 9.36 Å². The summed E-state index contributed by atoms with van der Waals surface area (Å²) in [6.07, 6.45) is 2.56. The molecule has 0 N–H and O–H groups in total. The fraction of sp³-hybridized carbons (Fsp3) is 0.0769. The number of nitrogens with zero attached hydrogens (tertiary/aromatic N) is 4. The molecule has 3 rings (SSSR count). The highest BCUT2D eigenvalue weighted by Gasteiger charge is 2.09. The Hall–Kier alpha value is -2.27. The van der Waals surface area contributed by atoms with Crippen molar-refractivity contribution in [3.63, 3.8) is 0 Å². The van der Waals surface area contributed by atoms with Gasteiger partial charge in [-0.2, -0.15) is 0 Å². The maximum absolute atomic E-state index is 11.9. The van der Waals surface area contributed by atoms with Crippen molar-refractivity contribution < 1.29 is 0 Å². The Balaban J connectivity index is 2.20. The molecule has 94 valence electrons. The molecule has 0 spiro atoms. The van der Waals surface area contributed by atoms with Crippen LogP contribution >= 0.6 is 11.6 Å². The molecule has 3 aromatic rings. The molecule has 0 amide bonds. The second-order valence-corrected chi connectivity index (χ2v) is 4.36. The molecule has 0 bridgehead atoms. The Morgan fingerprint density at radius 3 is 2.68 bits per heavy atom. The van der Waals surface area contributed by atoms with Crippen LogP contribution in [0, 0.1) is 0 Å². The number of fused-ring (bicyclic) bond motifs is 1. The van der Waals surface area contributed by atoms with Crippen LogP contribution in [-0.2, 0) is 6.54 Å². The Bertz CT molecular complexity index is 786. The van der Waals surface area contributed by atoms with Crippen molar-refractivity contribution in [2.45, 2.75) is 6.54 Å². The summed E-state index contributed by atoms with van der Waals surface area (Å²) in [5.74, 6) is 0. The van der Waals surface area contributed by atoms with Gasteiger partial charge in [0.2, 0.25) is 0 Å². The topological polar surface area (TPSA) is 60.7 Å². The van der Waals surface area contributed by atoms with Gasteiger partial charge in [-0.25, -0.2) is 15.0 Å². The lowest BCUT2D eigenvalue weighted by molar-refractivity contribution is 0.773. The Morgan fingerprint density at radius 1 is 1.11 bits per heavy atom. The number of aromatic nitrogens is 4. The molecule has 0 unspecified atom stereocenters. The first-order valence-corrected chi connectivity index (χ1v) is 6.03. The van der Waals surface area contributed by atoms with E-state index in [0.717, 1.165) is 5.56 Å². The Labute approximate surface area is 113 Å². The third-order valence-corrected chi connectivity index (χ3v) is 3.04. The van der Waals surface area contributed by atoms with E-state index in [9.17, 15) is 4.79 Å². The lowest BCUT2D eigenvalue weighted by Crippen LogP contribution is -2.22. The van der Waals surface area contributed by atoms with E-state index in [4.69, 9.17) is 11.6 Å². The lowest BCUT2D eigenvalue weighted by Gasteiger charge is -2.08. The smallest absolute Gasteiger partial charge is 0.270 e. The zero-order valence-corrected chi connectivity index (χ0v) is 10.6. The highest BCUT2D eigenvalue weighted by molar-refractivity contribution is 6.33. The molecule has 0 aliphatic heterocycles. The SMILES string of the molecule is O=c1cnc2c(Cl)ncnc2n1Cc1ccccc1. The van der Waals surface area contributed by atoms with Crippen LogP contribution in [0.2, 0.25) is 5.15 Å². The van der Waals surface area contributed by atoms with Crippen molar-refractivity contribution in [2.24, 2.45) is 0 Å². The van der Waals surface area contributed by atoms with Crippen molar-refractivity contribution in [3.8, 4) is 0 Å². The monoisotopic (exact) mass is 272 g/mol. The standard InChI is InChI=1S/C13H9ClN4O/c14-12-11-13(17-8-16-12)18(10(19)6-15-11)7-9-4-2-1-3-5-9/h1-6,8H,7H2. The van der Waals surface area contributed by atoms with Crippen LogP contribution in [0.25, 0.3) is 11.2 Å². The summed E-state index contributed by atoms with van der Waals surface area (Å²) in [7, 11) is 0. The van der Waals surface area contributed by atoms with Crippen LogP contribution in [-0.4, -0.2) is 19.5 Å². The lowest BCUT2D eigenvalue weighted by atomic mass is 10.2. The quantitative estimate of drug-likeness (QED) is 0.669. The second-order valence-electron chi connectivity index (χ2n) is 4.00. The van der Waals surface area contributed by atoms with Crippen LogP contribution in [0.15, 0.2) is 47.7 Å². The summed E-state index contributed by atoms with van der Waals surface area (Å²) in [4.78, 5) is 23.9. The van der Waals surface area contributed by atoms with Crippen LogP contribution < -0.4 is 5.56 Å². The third kappa shape index (κ3) is 2.20. The molecular formula is C13H9ClN4O. The van der Waals surface area contributed by atoms with Crippen molar-refractivity contribution in [1.29, 1.82) is 0 Å². The minimum absolute atomic E-state index is 0.217. The van der Waals surface area contributed by atoms with Gasteiger partial charge in [0, 0.05) is 0 Å². The fourth-order valence-electron chi connectivity index (χ4n) is 1.87. The molecule has 0 radical (unpaired) electrons. The van der Waals surface area contributed by atoms with E-state index >= 15 is 0 Å². The second kappa shape index (κ2) is 4.78. The van der Waals surface area contributed by atoms with E-state index in [1.165, 1.54) is 17.1 Å². The molecule has 1 aromatic carbocycles. The minimum atomic E-state index is -0.217. The number of halogens is 1. The fourth-order valence-corrected chi connectivity index (χ4v) is 2.05. The van der Waals surface area contributed by atoms with Gasteiger partial charge in [0.15, 0.2) is 10.8 Å². The molecule has 2 heterocycles. The van der Waals surface area contributed by atoms with Crippen molar-refractivity contribution >= 4 is 22.8 Å². The normalized spacial score (nSPS) is 10.8. The maximum Gasteiger partial charge on any atom is 0.270 e. The molecule has 6 heteroatoms. The van der Waals surface area contributed by atoms with E-state index < -0.39 is 0 Å². The predicted molar refractivity (Wildman–Crippen MR) is 72.1 cm³/mol. The number of benzene rings is 1. The van der Waals surface area contributed by atoms with E-state index in [1.807, 2.05) is 30.3 Å². The van der Waals surface area contributed by atoms with Gasteiger partial charge in [0.25, 0.3) is 5.56 Å². The van der Waals surface area contributed by atoms with E-state index in [2.05, 4.69) is 15.0 Å². The molecule has 0 aliphatic rings. The van der Waals surface area contributed by atoms with Gasteiger partial charge in [0.1, 0.15) is 11.8 Å². The van der Waals surface area contributed by atoms with Crippen LogP contribution in [0.3, 0.4) is 0 Å². The van der Waals surface area contributed by atoms with Crippen LogP contribution in [0.4, 0.5) is 0 Å². The zero-order chi connectivity index (χ0) is 13.2. The van der Waals surface area contributed by atoms with Crippen molar-refractivity contribution in [1.82, 2.24) is 19.5 Å². The van der Waals surface area contributed by atoms with Gasteiger partial charge < -0.3 is 0 Å². The Morgan fingerprint density at radius 2 is 1.89 bits per heavy atom. The largest absolute Gasteiger partial charge is 0.285 e. The first kappa shape index (κ1) is 11.8. The van der Waals surface area contributed by atoms with Gasteiger partial charge >= 0.3 is 0 Å². The first-order valence-electron chi connectivity index (χ1n) is 5.65. The summed E-state index contributed by atoms with van der Waals surface area (Å²) in [6.45, 7) is 0.423. The molecule has 0 saturated heterocycles. The van der Waals surface area contributed by atoms with E-state index in [1.54, 1.807) is 0 Å². The van der Waals surface area contributed by atoms with Crippen LogP contribution in [0.5, 0.6) is 0 Å². The number of hydrogen-bond acceptors (Lipinski definition) is 4. The Kier molecular flexibility index (Phi) is 2.97. The molecule has 2 aromatic heterocycles. The third-order valence-electron chi connectivity index (χ3n) is 2.77. The molecule has 0 saturated carbocycles. The number of hydrogen-bond donors (Lipinski definition) is 0. The van der Waals surface area contributed by atoms with E-state index in [0.29, 0.717) is 17.7 Å². The highest BCUT2D eigenvalue weighted by atomic mass is 35.5. The minimum Gasteiger partial charge on any atom is -0.285 e. The van der Waals surface area contributed by atoms with Gasteiger partial charge in [-0.15, -0.1) is 0 Å². The maximum atomic E-state index is 11.9. The average Bonchev–Trinajstić information content (AvgIpc) is 2.43. The van der Waals surface area contributed by atoms with Crippen molar-refractivity contribution in [2.75, 3.05) is 0 Å². The molecule has 5 nitrogen and oxygen atoms in total. The molecule has 19 heavy (non-hydrogen) atoms. The highest BCUT2D eigenvalue weighted by Crippen LogP contribution is 2.15. The van der Waals surface area contributed by atoms with Crippen molar-refractivity contribution in [3.05, 3.63) is 63.9 Å². The molecule has 0 fully saturated rings.